The summed E-state index contributed by atoms with van der Waals surface area (Å²) in [6.45, 7) is 3.12. The summed E-state index contributed by atoms with van der Waals surface area (Å²) in [7, 11) is 1.60. The van der Waals surface area contributed by atoms with Crippen LogP contribution in [0.1, 0.15) is 11.9 Å². The van der Waals surface area contributed by atoms with Gasteiger partial charge in [-0.15, -0.1) is 0 Å². The highest BCUT2D eigenvalue weighted by Gasteiger charge is 2.51. The number of rotatable bonds is 3. The first-order valence-electron chi connectivity index (χ1n) is 8.78. The van der Waals surface area contributed by atoms with Crippen molar-refractivity contribution in [3.05, 3.63) is 35.9 Å². The molecule has 138 valence electrons. The van der Waals surface area contributed by atoms with E-state index in [1.54, 1.807) is 7.11 Å². The third kappa shape index (κ3) is 3.46. The second-order valence-electron chi connectivity index (χ2n) is 6.58. The van der Waals surface area contributed by atoms with Gasteiger partial charge in [-0.05, 0) is 0 Å². The molecule has 0 spiro atoms. The number of hydrogen-bond acceptors (Lipinski definition) is 7. The van der Waals surface area contributed by atoms with Crippen LogP contribution >= 0.6 is 0 Å². The fourth-order valence-corrected chi connectivity index (χ4v) is 3.82. The van der Waals surface area contributed by atoms with Gasteiger partial charge in [0.05, 0.1) is 25.9 Å². The molecule has 0 aromatic heterocycles. The van der Waals surface area contributed by atoms with Gasteiger partial charge in [0.25, 0.3) is 0 Å². The number of aliphatic hydroxyl groups excluding tert-OH is 1. The first kappa shape index (κ1) is 17.4. The Morgan fingerprint density at radius 3 is 2.60 bits per heavy atom. The minimum absolute atomic E-state index is 0.287. The molecule has 0 aliphatic carbocycles. The number of fused-ring (bicyclic) bond motifs is 1. The first-order chi connectivity index (χ1) is 12.3. The largest absolute Gasteiger partial charge is 0.388 e. The molecule has 6 atom stereocenters. The Morgan fingerprint density at radius 2 is 1.88 bits per heavy atom. The Balaban J connectivity index is 1.52. The van der Waals surface area contributed by atoms with E-state index in [0.29, 0.717) is 19.8 Å². The Bertz CT molecular complexity index is 552. The predicted molar refractivity (Wildman–Crippen MR) is 87.9 cm³/mol. The minimum atomic E-state index is -0.725. The average molecular weight is 351 g/mol. The SMILES string of the molecule is CO[C@H]1O[C@@H]2CO[C@@H](c3ccccc3)O[C@H]2[C@H](O)[C@H]1N1CCOCC1. The van der Waals surface area contributed by atoms with Crippen LogP contribution < -0.4 is 0 Å². The van der Waals surface area contributed by atoms with Gasteiger partial charge in [0, 0.05) is 25.8 Å². The molecule has 1 aromatic carbocycles. The molecule has 1 N–H and O–H groups in total. The normalized spacial score (nSPS) is 39.8. The molecular formula is C18H25NO6. The molecule has 7 heteroatoms. The standard InChI is InChI=1S/C18H25NO6/c1-21-18-14(19-7-9-22-10-8-19)15(20)16-13(24-18)11-23-17(25-16)12-5-3-2-4-6-12/h2-6,13-18,20H,7-11H2,1H3/t13-,14-,15-,16-,17-,18+/m1/s1. The summed E-state index contributed by atoms with van der Waals surface area (Å²) < 4.78 is 28.9. The van der Waals surface area contributed by atoms with Crippen molar-refractivity contribution in [2.45, 2.75) is 36.9 Å². The molecule has 3 fully saturated rings. The van der Waals surface area contributed by atoms with E-state index < -0.39 is 24.8 Å². The van der Waals surface area contributed by atoms with Crippen LogP contribution in [-0.2, 0) is 23.7 Å². The van der Waals surface area contributed by atoms with Crippen LogP contribution in [-0.4, -0.2) is 80.7 Å². The molecule has 0 radical (unpaired) electrons. The summed E-state index contributed by atoms with van der Waals surface area (Å²) in [6, 6.07) is 9.46. The van der Waals surface area contributed by atoms with E-state index in [4.69, 9.17) is 23.7 Å². The summed E-state index contributed by atoms with van der Waals surface area (Å²) in [5.41, 5.74) is 0.935. The molecule has 0 saturated carbocycles. The number of nitrogens with zero attached hydrogens (tertiary/aromatic N) is 1. The maximum Gasteiger partial charge on any atom is 0.184 e. The van der Waals surface area contributed by atoms with E-state index in [-0.39, 0.29) is 12.1 Å². The maximum atomic E-state index is 11.1. The van der Waals surface area contributed by atoms with Crippen molar-refractivity contribution in [3.8, 4) is 0 Å². The number of ether oxygens (including phenoxy) is 5. The molecule has 0 unspecified atom stereocenters. The van der Waals surface area contributed by atoms with Gasteiger partial charge in [0.2, 0.25) is 0 Å². The van der Waals surface area contributed by atoms with Gasteiger partial charge in [-0.3, -0.25) is 4.90 Å². The number of morpholine rings is 1. The number of hydrogen-bond donors (Lipinski definition) is 1. The molecule has 7 nitrogen and oxygen atoms in total. The molecule has 0 bridgehead atoms. The summed E-state index contributed by atoms with van der Waals surface area (Å²) in [5.74, 6) is 0. The van der Waals surface area contributed by atoms with Crippen molar-refractivity contribution in [3.63, 3.8) is 0 Å². The fraction of sp³-hybridized carbons (Fsp3) is 0.667. The van der Waals surface area contributed by atoms with Crippen molar-refractivity contribution in [2.75, 3.05) is 40.0 Å². The molecule has 3 saturated heterocycles. The molecule has 3 heterocycles. The molecule has 3 aliphatic heterocycles. The van der Waals surface area contributed by atoms with Crippen molar-refractivity contribution >= 4 is 0 Å². The van der Waals surface area contributed by atoms with Gasteiger partial charge in [-0.2, -0.15) is 0 Å². The first-order valence-corrected chi connectivity index (χ1v) is 8.78. The highest BCUT2D eigenvalue weighted by molar-refractivity contribution is 5.16. The van der Waals surface area contributed by atoms with E-state index in [1.807, 2.05) is 30.3 Å². The van der Waals surface area contributed by atoms with Crippen LogP contribution in [0.15, 0.2) is 30.3 Å². The van der Waals surface area contributed by atoms with Gasteiger partial charge < -0.3 is 28.8 Å². The van der Waals surface area contributed by atoms with Crippen molar-refractivity contribution < 1.29 is 28.8 Å². The Morgan fingerprint density at radius 1 is 1.12 bits per heavy atom. The predicted octanol–water partition coefficient (Wildman–Crippen LogP) is 0.534. The molecule has 25 heavy (non-hydrogen) atoms. The molecule has 4 rings (SSSR count). The zero-order valence-electron chi connectivity index (χ0n) is 14.3. The van der Waals surface area contributed by atoms with Gasteiger partial charge in [-0.1, -0.05) is 30.3 Å². The number of methoxy groups -OCH3 is 1. The lowest BCUT2D eigenvalue weighted by Gasteiger charge is -2.50. The quantitative estimate of drug-likeness (QED) is 0.852. The molecule has 0 amide bonds. The Labute approximate surface area is 147 Å². The summed E-state index contributed by atoms with van der Waals surface area (Å²) in [5, 5.41) is 11.1. The van der Waals surface area contributed by atoms with E-state index >= 15 is 0 Å². The highest BCUT2D eigenvalue weighted by Crippen LogP contribution is 2.35. The zero-order valence-corrected chi connectivity index (χ0v) is 14.3. The fourth-order valence-electron chi connectivity index (χ4n) is 3.82. The Hall–Kier alpha value is -1.06. The van der Waals surface area contributed by atoms with Crippen LogP contribution in [0.4, 0.5) is 0 Å². The maximum absolute atomic E-state index is 11.1. The molecule has 3 aliphatic rings. The zero-order chi connectivity index (χ0) is 17.2. The van der Waals surface area contributed by atoms with E-state index in [1.165, 1.54) is 0 Å². The third-order valence-electron chi connectivity index (χ3n) is 5.10. The van der Waals surface area contributed by atoms with E-state index in [2.05, 4.69) is 4.90 Å². The topological polar surface area (TPSA) is 69.6 Å². The lowest BCUT2D eigenvalue weighted by Crippen LogP contribution is -2.67. The van der Waals surface area contributed by atoms with Crippen LogP contribution in [0.3, 0.4) is 0 Å². The smallest absolute Gasteiger partial charge is 0.184 e. The van der Waals surface area contributed by atoms with Crippen LogP contribution in [0, 0.1) is 0 Å². The van der Waals surface area contributed by atoms with Crippen LogP contribution in [0.25, 0.3) is 0 Å². The van der Waals surface area contributed by atoms with Gasteiger partial charge >= 0.3 is 0 Å². The van der Waals surface area contributed by atoms with Gasteiger partial charge in [0.15, 0.2) is 12.6 Å². The number of benzene rings is 1. The lowest BCUT2D eigenvalue weighted by atomic mass is 9.94. The third-order valence-corrected chi connectivity index (χ3v) is 5.10. The lowest BCUT2D eigenvalue weighted by molar-refractivity contribution is -0.351. The summed E-state index contributed by atoms with van der Waals surface area (Å²) in [6.07, 6.45) is -2.55. The Kier molecular flexibility index (Phi) is 5.33. The van der Waals surface area contributed by atoms with Gasteiger partial charge in [0.1, 0.15) is 18.3 Å². The van der Waals surface area contributed by atoms with Gasteiger partial charge in [-0.25, -0.2) is 0 Å². The molecule has 1 aromatic rings. The highest BCUT2D eigenvalue weighted by atomic mass is 16.7. The van der Waals surface area contributed by atoms with Crippen LogP contribution in [0.5, 0.6) is 0 Å². The van der Waals surface area contributed by atoms with Crippen molar-refractivity contribution in [1.29, 1.82) is 0 Å². The van der Waals surface area contributed by atoms with Crippen LogP contribution in [0.2, 0.25) is 0 Å². The minimum Gasteiger partial charge on any atom is -0.388 e. The van der Waals surface area contributed by atoms with E-state index in [9.17, 15) is 5.11 Å². The second kappa shape index (κ2) is 7.67. The second-order valence-corrected chi connectivity index (χ2v) is 6.58. The molecular weight excluding hydrogens is 326 g/mol. The summed E-state index contributed by atoms with van der Waals surface area (Å²) >= 11 is 0. The monoisotopic (exact) mass is 351 g/mol. The average Bonchev–Trinajstić information content (AvgIpc) is 2.69. The number of aliphatic hydroxyl groups is 1. The van der Waals surface area contributed by atoms with Crippen molar-refractivity contribution in [1.82, 2.24) is 4.90 Å². The van der Waals surface area contributed by atoms with Crippen molar-refractivity contribution in [2.24, 2.45) is 0 Å². The van der Waals surface area contributed by atoms with E-state index in [0.717, 1.165) is 18.7 Å². The summed E-state index contributed by atoms with van der Waals surface area (Å²) in [4.78, 5) is 2.16.